The van der Waals surface area contributed by atoms with Crippen molar-refractivity contribution in [2.24, 2.45) is 11.8 Å². The number of benzene rings is 1. The molecule has 5 heterocycles. The van der Waals surface area contributed by atoms with Crippen LogP contribution in [0.2, 0.25) is 0 Å². The number of nitrogens with zero attached hydrogens (tertiary/aromatic N) is 2. The molecule has 0 N–H and O–H groups in total. The number of rotatable bonds is 1. The molecule has 3 aromatic rings. The Hall–Kier alpha value is -1.87. The Morgan fingerprint density at radius 3 is 2.68 bits per heavy atom. The summed E-state index contributed by atoms with van der Waals surface area (Å²) in [6, 6.07) is 9.38. The number of fused-ring (bicyclic) bond motifs is 3. The van der Waals surface area contributed by atoms with E-state index >= 15 is 0 Å². The molecule has 4 aliphatic rings. The van der Waals surface area contributed by atoms with Gasteiger partial charge in [0.05, 0.1) is 0 Å². The van der Waals surface area contributed by atoms with E-state index in [2.05, 4.69) is 56.9 Å². The third-order valence-corrected chi connectivity index (χ3v) is 8.70. The summed E-state index contributed by atoms with van der Waals surface area (Å²) in [5.41, 5.74) is 6.28. The molecular formula is C25H30N2O. The molecule has 146 valence electrons. The Labute approximate surface area is 167 Å². The van der Waals surface area contributed by atoms with Gasteiger partial charge in [0.1, 0.15) is 5.58 Å². The zero-order valence-electron chi connectivity index (χ0n) is 17.7. The van der Waals surface area contributed by atoms with Crippen LogP contribution in [0.25, 0.3) is 22.1 Å². The molecule has 4 bridgehead atoms. The molecular weight excluding hydrogens is 344 g/mol. The van der Waals surface area contributed by atoms with Crippen molar-refractivity contribution in [3.05, 3.63) is 41.1 Å². The molecule has 28 heavy (non-hydrogen) atoms. The van der Waals surface area contributed by atoms with Gasteiger partial charge in [0.15, 0.2) is 0 Å². The molecule has 1 saturated carbocycles. The Kier molecular flexibility index (Phi) is 3.15. The summed E-state index contributed by atoms with van der Waals surface area (Å²) in [4.78, 5) is 7.52. The summed E-state index contributed by atoms with van der Waals surface area (Å²) < 4.78 is 6.51. The van der Waals surface area contributed by atoms with Crippen LogP contribution >= 0.6 is 0 Å². The lowest BCUT2D eigenvalue weighted by molar-refractivity contribution is -0.156. The van der Waals surface area contributed by atoms with E-state index in [1.807, 2.05) is 6.92 Å². The van der Waals surface area contributed by atoms with Gasteiger partial charge in [-0.3, -0.25) is 4.90 Å². The van der Waals surface area contributed by atoms with E-state index in [0.29, 0.717) is 11.6 Å². The number of piperidine rings is 3. The monoisotopic (exact) mass is 374 g/mol. The van der Waals surface area contributed by atoms with Gasteiger partial charge in [0.25, 0.3) is 0 Å². The van der Waals surface area contributed by atoms with Gasteiger partial charge in [-0.2, -0.15) is 0 Å². The van der Waals surface area contributed by atoms with E-state index in [1.165, 1.54) is 42.3 Å². The molecule has 0 radical (unpaired) electrons. The van der Waals surface area contributed by atoms with Gasteiger partial charge >= 0.3 is 0 Å². The predicted octanol–water partition coefficient (Wildman–Crippen LogP) is 5.75. The summed E-state index contributed by atoms with van der Waals surface area (Å²) >= 11 is 0. The normalized spacial score (nSPS) is 35.9. The maximum atomic E-state index is 6.51. The van der Waals surface area contributed by atoms with Crippen molar-refractivity contribution in [2.75, 3.05) is 6.54 Å². The van der Waals surface area contributed by atoms with E-state index in [0.717, 1.165) is 34.2 Å². The largest absolute Gasteiger partial charge is 0.437 e. The zero-order valence-corrected chi connectivity index (χ0v) is 17.7. The fourth-order valence-electron chi connectivity index (χ4n) is 7.27. The Bertz CT molecular complexity index is 1130. The molecule has 1 aliphatic carbocycles. The summed E-state index contributed by atoms with van der Waals surface area (Å²) in [5.74, 6) is 1.60. The molecule has 5 atom stereocenters. The van der Waals surface area contributed by atoms with Crippen molar-refractivity contribution in [1.29, 1.82) is 0 Å². The van der Waals surface area contributed by atoms with Crippen molar-refractivity contribution in [3.63, 3.8) is 0 Å². The molecule has 4 fully saturated rings. The lowest BCUT2D eigenvalue weighted by Crippen LogP contribution is -2.73. The van der Waals surface area contributed by atoms with Crippen molar-refractivity contribution >= 4 is 22.1 Å². The fourth-order valence-corrected chi connectivity index (χ4v) is 7.27. The van der Waals surface area contributed by atoms with E-state index in [-0.39, 0.29) is 5.41 Å². The van der Waals surface area contributed by atoms with Crippen LogP contribution < -0.4 is 0 Å². The Morgan fingerprint density at radius 1 is 1.07 bits per heavy atom. The molecule has 2 aromatic heterocycles. The van der Waals surface area contributed by atoms with E-state index < -0.39 is 0 Å². The number of aryl methyl sites for hydroxylation is 2. The lowest BCUT2D eigenvalue weighted by Gasteiger charge is -2.69. The first-order valence-electron chi connectivity index (χ1n) is 10.9. The van der Waals surface area contributed by atoms with E-state index in [1.54, 1.807) is 0 Å². The van der Waals surface area contributed by atoms with E-state index in [9.17, 15) is 0 Å². The summed E-state index contributed by atoms with van der Waals surface area (Å²) in [6.45, 7) is 13.0. The maximum Gasteiger partial charge on any atom is 0.227 e. The average Bonchev–Trinajstić information content (AvgIpc) is 3.00. The summed E-state index contributed by atoms with van der Waals surface area (Å²) in [5, 5.41) is 2.39. The summed E-state index contributed by atoms with van der Waals surface area (Å²) in [7, 11) is 0. The molecule has 5 unspecified atom stereocenters. The van der Waals surface area contributed by atoms with E-state index in [4.69, 9.17) is 9.40 Å². The molecule has 0 amide bonds. The quantitative estimate of drug-likeness (QED) is 0.543. The summed E-state index contributed by atoms with van der Waals surface area (Å²) in [6.07, 6.45) is 3.99. The van der Waals surface area contributed by atoms with Crippen LogP contribution in [-0.2, 0) is 5.41 Å². The van der Waals surface area contributed by atoms with Crippen molar-refractivity contribution < 1.29 is 4.42 Å². The second kappa shape index (κ2) is 5.18. The standard InChI is InChI=1S/C25H30N2O/c1-14-6-8-19-20-9-7-15(2)26-23(20)28-22(19)21(14)25-11-17-10-18(12-25)24(4,5)27(13-17)16(25)3/h6-9,16-18H,10-13H2,1-5H3. The zero-order chi connectivity index (χ0) is 19.4. The van der Waals surface area contributed by atoms with Crippen LogP contribution in [-0.4, -0.2) is 28.0 Å². The van der Waals surface area contributed by atoms with Crippen LogP contribution in [0.1, 0.15) is 56.9 Å². The van der Waals surface area contributed by atoms with Gasteiger partial charge in [0, 0.05) is 45.6 Å². The predicted molar refractivity (Wildman–Crippen MR) is 114 cm³/mol. The third-order valence-electron chi connectivity index (χ3n) is 8.70. The van der Waals surface area contributed by atoms with Crippen molar-refractivity contribution in [3.8, 4) is 0 Å². The van der Waals surface area contributed by atoms with Gasteiger partial charge < -0.3 is 4.42 Å². The smallest absolute Gasteiger partial charge is 0.227 e. The number of furan rings is 1. The first kappa shape index (κ1) is 17.0. The Morgan fingerprint density at radius 2 is 1.86 bits per heavy atom. The maximum absolute atomic E-state index is 6.51. The van der Waals surface area contributed by atoms with Gasteiger partial charge in [-0.15, -0.1) is 0 Å². The van der Waals surface area contributed by atoms with Gasteiger partial charge in [-0.05, 0) is 83.4 Å². The van der Waals surface area contributed by atoms with Crippen LogP contribution in [0.3, 0.4) is 0 Å². The lowest BCUT2D eigenvalue weighted by atomic mass is 9.49. The molecule has 3 heteroatoms. The highest BCUT2D eigenvalue weighted by atomic mass is 16.3. The average molecular weight is 375 g/mol. The van der Waals surface area contributed by atoms with Crippen LogP contribution in [0.4, 0.5) is 0 Å². The van der Waals surface area contributed by atoms with Crippen LogP contribution in [0.15, 0.2) is 28.7 Å². The minimum Gasteiger partial charge on any atom is -0.437 e. The topological polar surface area (TPSA) is 29.3 Å². The first-order chi connectivity index (χ1) is 13.3. The second-order valence-electron chi connectivity index (χ2n) is 10.4. The Balaban J connectivity index is 1.64. The highest BCUT2D eigenvalue weighted by Crippen LogP contribution is 2.62. The SMILES string of the molecule is Cc1ccc2c(n1)oc1c(C34CC5CC(C3)C(C)(C)N(C5)C4C)c(C)ccc12. The minimum absolute atomic E-state index is 0.202. The van der Waals surface area contributed by atoms with Gasteiger partial charge in [-0.1, -0.05) is 12.1 Å². The molecule has 1 aromatic carbocycles. The first-order valence-corrected chi connectivity index (χ1v) is 10.9. The fraction of sp³-hybridized carbons (Fsp3) is 0.560. The van der Waals surface area contributed by atoms with Crippen molar-refractivity contribution in [1.82, 2.24) is 9.88 Å². The van der Waals surface area contributed by atoms with Gasteiger partial charge in [0.2, 0.25) is 5.71 Å². The molecule has 0 spiro atoms. The van der Waals surface area contributed by atoms with Crippen LogP contribution in [0.5, 0.6) is 0 Å². The molecule has 7 rings (SSSR count). The van der Waals surface area contributed by atoms with Crippen LogP contribution in [0, 0.1) is 25.7 Å². The number of aromatic nitrogens is 1. The second-order valence-corrected chi connectivity index (χ2v) is 10.4. The number of pyridine rings is 1. The molecule has 3 aliphatic heterocycles. The molecule has 3 nitrogen and oxygen atoms in total. The highest BCUT2D eigenvalue weighted by molar-refractivity contribution is 6.05. The number of hydrogen-bond donors (Lipinski definition) is 0. The minimum atomic E-state index is 0.202. The van der Waals surface area contributed by atoms with Gasteiger partial charge in [-0.25, -0.2) is 4.98 Å². The highest BCUT2D eigenvalue weighted by Gasteiger charge is 2.62. The number of hydrogen-bond acceptors (Lipinski definition) is 3. The van der Waals surface area contributed by atoms with Crippen molar-refractivity contribution in [2.45, 2.75) is 70.9 Å². The molecule has 3 saturated heterocycles. The third kappa shape index (κ3) is 1.91.